The Bertz CT molecular complexity index is 657. The zero-order valence-electron chi connectivity index (χ0n) is 10.9. The molecule has 0 fully saturated rings. The third-order valence-corrected chi connectivity index (χ3v) is 2.99. The summed E-state index contributed by atoms with van der Waals surface area (Å²) in [4.78, 5) is 10.1. The highest BCUT2D eigenvalue weighted by atomic mass is 35.5. The maximum atomic E-state index is 13.5. The third-order valence-electron chi connectivity index (χ3n) is 2.75. The first-order chi connectivity index (χ1) is 9.43. The van der Waals surface area contributed by atoms with Crippen LogP contribution in [0.4, 0.5) is 10.1 Å². The number of halogens is 2. The Labute approximate surface area is 119 Å². The van der Waals surface area contributed by atoms with Gasteiger partial charge in [-0.15, -0.1) is 21.8 Å². The molecule has 1 aromatic carbocycles. The number of hydrogen-bond acceptors (Lipinski definition) is 4. The number of rotatable bonds is 4. The molecule has 8 heteroatoms. The molecule has 106 valence electrons. The fraction of sp³-hybridized carbons (Fsp3) is 0.333. The molecule has 0 N–H and O–H groups in total. The average molecular weight is 299 g/mol. The van der Waals surface area contributed by atoms with E-state index in [0.29, 0.717) is 17.2 Å². The molecule has 0 atom stereocenters. The lowest BCUT2D eigenvalue weighted by atomic mass is 10.1. The molecule has 2 rings (SSSR count). The normalized spacial score (nSPS) is 11.1. The molecule has 0 amide bonds. The summed E-state index contributed by atoms with van der Waals surface area (Å²) in [5.74, 6) is 0.351. The number of hydrogen-bond donors (Lipinski definition) is 0. The largest absolute Gasteiger partial charge is 0.307 e. The van der Waals surface area contributed by atoms with Crippen molar-refractivity contribution < 1.29 is 9.31 Å². The van der Waals surface area contributed by atoms with Crippen molar-refractivity contribution in [1.82, 2.24) is 14.8 Å². The fourth-order valence-electron chi connectivity index (χ4n) is 1.96. The number of alkyl halides is 1. The molecule has 0 aliphatic heterocycles. The summed E-state index contributed by atoms with van der Waals surface area (Å²) in [6, 6.07) is 3.32. The second-order valence-electron chi connectivity index (χ2n) is 4.49. The molecule has 20 heavy (non-hydrogen) atoms. The van der Waals surface area contributed by atoms with Gasteiger partial charge in [0, 0.05) is 17.7 Å². The van der Waals surface area contributed by atoms with Crippen molar-refractivity contribution in [2.45, 2.75) is 25.8 Å². The summed E-state index contributed by atoms with van der Waals surface area (Å²) in [6.45, 7) is 3.80. The smallest absolute Gasteiger partial charge is 0.273 e. The van der Waals surface area contributed by atoms with Gasteiger partial charge in [-0.25, -0.2) is 4.39 Å². The van der Waals surface area contributed by atoms with Gasteiger partial charge in [0.25, 0.3) is 5.69 Å². The quantitative estimate of drug-likeness (QED) is 0.493. The molecule has 6 nitrogen and oxygen atoms in total. The van der Waals surface area contributed by atoms with E-state index < -0.39 is 10.7 Å². The first kappa shape index (κ1) is 14.4. The molecule has 0 spiro atoms. The third kappa shape index (κ3) is 2.62. The molecule has 2 aromatic rings. The Morgan fingerprint density at radius 2 is 2.10 bits per heavy atom. The summed E-state index contributed by atoms with van der Waals surface area (Å²) in [6.07, 6.45) is 0. The summed E-state index contributed by atoms with van der Waals surface area (Å²) < 4.78 is 15.2. The topological polar surface area (TPSA) is 73.8 Å². The highest BCUT2D eigenvalue weighted by Gasteiger charge is 2.19. The lowest BCUT2D eigenvalue weighted by Crippen LogP contribution is -2.07. The van der Waals surface area contributed by atoms with Crippen LogP contribution in [-0.2, 0) is 5.88 Å². The SMILES string of the molecule is CC(C)n1c(CCl)nnc1-c1cc(F)cc([N+](=O)[O-])c1. The molecule has 1 aromatic heterocycles. The first-order valence-corrected chi connectivity index (χ1v) is 6.42. The number of non-ortho nitro benzene ring substituents is 1. The van der Waals surface area contributed by atoms with Gasteiger partial charge >= 0.3 is 0 Å². The molecule has 0 aliphatic rings. The van der Waals surface area contributed by atoms with Gasteiger partial charge < -0.3 is 4.57 Å². The Balaban J connectivity index is 2.62. The zero-order chi connectivity index (χ0) is 14.9. The lowest BCUT2D eigenvalue weighted by molar-refractivity contribution is -0.385. The molecule has 1 heterocycles. The van der Waals surface area contributed by atoms with E-state index in [9.17, 15) is 14.5 Å². The monoisotopic (exact) mass is 298 g/mol. The van der Waals surface area contributed by atoms with Crippen molar-refractivity contribution in [2.24, 2.45) is 0 Å². The zero-order valence-corrected chi connectivity index (χ0v) is 11.6. The second-order valence-corrected chi connectivity index (χ2v) is 4.76. The molecule has 0 saturated carbocycles. The second kappa shape index (κ2) is 5.54. The highest BCUT2D eigenvalue weighted by Crippen LogP contribution is 2.27. The van der Waals surface area contributed by atoms with Crippen molar-refractivity contribution in [1.29, 1.82) is 0 Å². The van der Waals surface area contributed by atoms with Crippen LogP contribution in [0.5, 0.6) is 0 Å². The Morgan fingerprint density at radius 1 is 1.40 bits per heavy atom. The van der Waals surface area contributed by atoms with E-state index in [1.54, 1.807) is 4.57 Å². The van der Waals surface area contributed by atoms with Crippen molar-refractivity contribution in [3.63, 3.8) is 0 Å². The van der Waals surface area contributed by atoms with Crippen LogP contribution < -0.4 is 0 Å². The Hall–Kier alpha value is -2.02. The van der Waals surface area contributed by atoms with Crippen LogP contribution in [0, 0.1) is 15.9 Å². The summed E-state index contributed by atoms with van der Waals surface area (Å²) in [7, 11) is 0. The van der Waals surface area contributed by atoms with Crippen molar-refractivity contribution in [3.8, 4) is 11.4 Å². The number of benzene rings is 1. The van der Waals surface area contributed by atoms with E-state index in [0.717, 1.165) is 6.07 Å². The van der Waals surface area contributed by atoms with Crippen molar-refractivity contribution >= 4 is 17.3 Å². The van der Waals surface area contributed by atoms with Crippen LogP contribution in [0.15, 0.2) is 18.2 Å². The van der Waals surface area contributed by atoms with Gasteiger partial charge in [0.2, 0.25) is 0 Å². The van der Waals surface area contributed by atoms with Crippen LogP contribution in [0.3, 0.4) is 0 Å². The van der Waals surface area contributed by atoms with Gasteiger partial charge in [-0.1, -0.05) is 0 Å². The fourth-order valence-corrected chi connectivity index (χ4v) is 2.15. The Kier molecular flexibility index (Phi) is 3.99. The number of aromatic nitrogens is 3. The molecule has 0 radical (unpaired) electrons. The van der Waals surface area contributed by atoms with Gasteiger partial charge in [0.05, 0.1) is 16.9 Å². The van der Waals surface area contributed by atoms with Crippen LogP contribution in [0.1, 0.15) is 25.7 Å². The van der Waals surface area contributed by atoms with Gasteiger partial charge in [0.1, 0.15) is 11.6 Å². The standard InChI is InChI=1S/C12H12ClFN4O2/c1-7(2)17-11(6-13)15-16-12(17)8-3-9(14)5-10(4-8)18(19)20/h3-5,7H,6H2,1-2H3. The summed E-state index contributed by atoms with van der Waals surface area (Å²) in [5.41, 5.74) is -0.0278. The van der Waals surface area contributed by atoms with Crippen LogP contribution in [0.25, 0.3) is 11.4 Å². The highest BCUT2D eigenvalue weighted by molar-refractivity contribution is 6.16. The minimum Gasteiger partial charge on any atom is -0.307 e. The van der Waals surface area contributed by atoms with E-state index in [4.69, 9.17) is 11.6 Å². The maximum Gasteiger partial charge on any atom is 0.273 e. The van der Waals surface area contributed by atoms with Crippen molar-refractivity contribution in [2.75, 3.05) is 0 Å². The van der Waals surface area contributed by atoms with E-state index in [2.05, 4.69) is 10.2 Å². The van der Waals surface area contributed by atoms with Crippen LogP contribution >= 0.6 is 11.6 Å². The van der Waals surface area contributed by atoms with Gasteiger partial charge in [-0.2, -0.15) is 0 Å². The first-order valence-electron chi connectivity index (χ1n) is 5.89. The number of nitro benzene ring substituents is 1. The maximum absolute atomic E-state index is 13.5. The minimum absolute atomic E-state index is 0.00364. The summed E-state index contributed by atoms with van der Waals surface area (Å²) >= 11 is 5.78. The Morgan fingerprint density at radius 3 is 2.65 bits per heavy atom. The van der Waals surface area contributed by atoms with Crippen LogP contribution in [-0.4, -0.2) is 19.7 Å². The lowest BCUT2D eigenvalue weighted by Gasteiger charge is -2.13. The average Bonchev–Trinajstić information content (AvgIpc) is 2.81. The number of nitrogens with zero attached hydrogens (tertiary/aromatic N) is 4. The predicted molar refractivity (Wildman–Crippen MR) is 72.0 cm³/mol. The van der Waals surface area contributed by atoms with Gasteiger partial charge in [-0.05, 0) is 19.9 Å². The van der Waals surface area contributed by atoms with Crippen molar-refractivity contribution in [3.05, 3.63) is 40.0 Å². The van der Waals surface area contributed by atoms with E-state index >= 15 is 0 Å². The van der Waals surface area contributed by atoms with Gasteiger partial charge in [0.15, 0.2) is 5.82 Å². The van der Waals surface area contributed by atoms with Crippen LogP contribution in [0.2, 0.25) is 0 Å². The molecule has 0 bridgehead atoms. The number of nitro groups is 1. The summed E-state index contributed by atoms with van der Waals surface area (Å²) in [5, 5.41) is 18.7. The molecule has 0 saturated heterocycles. The van der Waals surface area contributed by atoms with E-state index in [1.165, 1.54) is 12.1 Å². The minimum atomic E-state index is -0.695. The molecular formula is C12H12ClFN4O2. The predicted octanol–water partition coefficient (Wildman–Crippen LogP) is 3.31. The molecule has 0 unspecified atom stereocenters. The van der Waals surface area contributed by atoms with E-state index in [1.807, 2.05) is 13.8 Å². The molecule has 0 aliphatic carbocycles. The van der Waals surface area contributed by atoms with E-state index in [-0.39, 0.29) is 17.6 Å². The van der Waals surface area contributed by atoms with Gasteiger partial charge in [-0.3, -0.25) is 10.1 Å². The molecular weight excluding hydrogens is 287 g/mol.